The standard InChI is InChI=1S/C18H23N3O5.ClH/c1-11-4-3-5-16(20-11)25-10-18(7-14(22)15(23)8-18)9-19-17(24)13-6-12(2)26-21-13;/h3-6,14-15,22-23H,7-10H2,1-2H3,(H,19,24);1H/t14-,15+,18?;. The zero-order valence-electron chi connectivity index (χ0n) is 15.2. The molecule has 3 atom stereocenters. The third kappa shape index (κ3) is 5.18. The molecule has 1 amide bonds. The number of halogens is 1. The number of aromatic nitrogens is 2. The van der Waals surface area contributed by atoms with Crippen LogP contribution in [0.5, 0.6) is 5.88 Å². The van der Waals surface area contributed by atoms with Gasteiger partial charge < -0.3 is 24.8 Å². The first-order chi connectivity index (χ1) is 12.4. The summed E-state index contributed by atoms with van der Waals surface area (Å²) in [6, 6.07) is 7.01. The molecular weight excluding hydrogens is 374 g/mol. The van der Waals surface area contributed by atoms with Crippen LogP contribution in [0, 0.1) is 19.3 Å². The summed E-state index contributed by atoms with van der Waals surface area (Å²) in [6.45, 7) is 4.02. The van der Waals surface area contributed by atoms with Crippen LogP contribution in [-0.2, 0) is 0 Å². The highest BCUT2D eigenvalue weighted by Gasteiger charge is 2.45. The second kappa shape index (κ2) is 8.69. The van der Waals surface area contributed by atoms with Gasteiger partial charge in [0.25, 0.3) is 5.91 Å². The van der Waals surface area contributed by atoms with E-state index in [1.807, 2.05) is 19.1 Å². The van der Waals surface area contributed by atoms with E-state index in [2.05, 4.69) is 15.5 Å². The minimum atomic E-state index is -0.852. The fraction of sp³-hybridized carbons (Fsp3) is 0.500. The topological polar surface area (TPSA) is 118 Å². The van der Waals surface area contributed by atoms with Crippen molar-refractivity contribution in [3.05, 3.63) is 41.4 Å². The van der Waals surface area contributed by atoms with E-state index < -0.39 is 17.6 Å². The molecule has 1 fully saturated rings. The number of aryl methyl sites for hydroxylation is 2. The van der Waals surface area contributed by atoms with Crippen molar-refractivity contribution in [1.82, 2.24) is 15.5 Å². The van der Waals surface area contributed by atoms with E-state index in [-0.39, 0.29) is 37.2 Å². The molecule has 1 aliphatic carbocycles. The van der Waals surface area contributed by atoms with Gasteiger partial charge in [-0.1, -0.05) is 11.2 Å². The van der Waals surface area contributed by atoms with E-state index in [1.54, 1.807) is 19.1 Å². The number of pyridine rings is 1. The Hall–Kier alpha value is -2.16. The van der Waals surface area contributed by atoms with E-state index >= 15 is 0 Å². The average molecular weight is 398 g/mol. The number of aliphatic hydroxyl groups is 2. The van der Waals surface area contributed by atoms with Crippen LogP contribution in [0.1, 0.15) is 34.8 Å². The number of aliphatic hydroxyl groups excluding tert-OH is 2. The summed E-state index contributed by atoms with van der Waals surface area (Å²) in [5.41, 5.74) is 0.425. The van der Waals surface area contributed by atoms with E-state index in [4.69, 9.17) is 9.26 Å². The molecule has 0 aliphatic heterocycles. The lowest BCUT2D eigenvalue weighted by Gasteiger charge is -2.28. The molecule has 9 heteroatoms. The number of carbonyl (C=O) groups is 1. The lowest BCUT2D eigenvalue weighted by atomic mass is 9.86. The van der Waals surface area contributed by atoms with Crippen molar-refractivity contribution in [3.8, 4) is 5.88 Å². The van der Waals surface area contributed by atoms with Crippen molar-refractivity contribution in [2.45, 2.75) is 38.9 Å². The molecule has 0 spiro atoms. The molecule has 0 radical (unpaired) electrons. The first kappa shape index (κ1) is 21.1. The largest absolute Gasteiger partial charge is 0.477 e. The average Bonchev–Trinajstić information content (AvgIpc) is 3.15. The summed E-state index contributed by atoms with van der Waals surface area (Å²) in [4.78, 5) is 16.5. The summed E-state index contributed by atoms with van der Waals surface area (Å²) >= 11 is 0. The SMILES string of the molecule is Cc1cccc(OCC2(CNC(=O)c3cc(C)on3)C[C@@H](O)[C@@H](O)C2)n1.Cl. The van der Waals surface area contributed by atoms with Crippen LogP contribution in [0.25, 0.3) is 0 Å². The maximum atomic E-state index is 12.2. The van der Waals surface area contributed by atoms with E-state index in [9.17, 15) is 15.0 Å². The van der Waals surface area contributed by atoms with E-state index in [0.717, 1.165) is 5.69 Å². The van der Waals surface area contributed by atoms with Gasteiger partial charge in [-0.15, -0.1) is 12.4 Å². The van der Waals surface area contributed by atoms with Gasteiger partial charge in [0.15, 0.2) is 5.69 Å². The van der Waals surface area contributed by atoms with Crippen molar-refractivity contribution in [2.24, 2.45) is 5.41 Å². The number of hydrogen-bond acceptors (Lipinski definition) is 7. The number of nitrogens with zero attached hydrogens (tertiary/aromatic N) is 2. The normalized spacial score (nSPS) is 24.3. The van der Waals surface area contributed by atoms with Gasteiger partial charge in [-0.25, -0.2) is 4.98 Å². The molecular formula is C18H24ClN3O5. The molecule has 3 N–H and O–H groups in total. The predicted molar refractivity (Wildman–Crippen MR) is 99.0 cm³/mol. The van der Waals surface area contributed by atoms with Gasteiger partial charge in [-0.2, -0.15) is 0 Å². The molecule has 1 aliphatic rings. The van der Waals surface area contributed by atoms with Gasteiger partial charge >= 0.3 is 0 Å². The van der Waals surface area contributed by atoms with Crippen molar-refractivity contribution in [3.63, 3.8) is 0 Å². The van der Waals surface area contributed by atoms with Gasteiger partial charge in [-0.3, -0.25) is 4.79 Å². The van der Waals surface area contributed by atoms with Gasteiger partial charge in [0.2, 0.25) is 5.88 Å². The minimum absolute atomic E-state index is 0. The fourth-order valence-electron chi connectivity index (χ4n) is 3.21. The van der Waals surface area contributed by atoms with Crippen molar-refractivity contribution in [2.75, 3.05) is 13.2 Å². The van der Waals surface area contributed by atoms with Crippen LogP contribution in [0.15, 0.2) is 28.8 Å². The number of ether oxygens (including phenoxy) is 1. The van der Waals surface area contributed by atoms with E-state index in [0.29, 0.717) is 24.5 Å². The Bertz CT molecular complexity index is 772. The Kier molecular flexibility index (Phi) is 6.80. The molecule has 8 nitrogen and oxygen atoms in total. The monoisotopic (exact) mass is 397 g/mol. The molecule has 0 saturated heterocycles. The molecule has 2 aromatic rings. The highest BCUT2D eigenvalue weighted by Crippen LogP contribution is 2.38. The molecule has 1 saturated carbocycles. The Morgan fingerprint density at radius 1 is 1.33 bits per heavy atom. The van der Waals surface area contributed by atoms with Crippen LogP contribution in [-0.4, -0.2) is 51.6 Å². The summed E-state index contributed by atoms with van der Waals surface area (Å²) in [7, 11) is 0. The molecule has 2 aromatic heterocycles. The molecule has 27 heavy (non-hydrogen) atoms. The lowest BCUT2D eigenvalue weighted by Crippen LogP contribution is -2.40. The molecule has 0 bridgehead atoms. The Labute approximate surface area is 163 Å². The molecule has 0 aromatic carbocycles. The lowest BCUT2D eigenvalue weighted by molar-refractivity contribution is 0.0438. The fourth-order valence-corrected chi connectivity index (χ4v) is 3.21. The van der Waals surface area contributed by atoms with Gasteiger partial charge in [0.05, 0.1) is 18.8 Å². The highest BCUT2D eigenvalue weighted by molar-refractivity contribution is 5.92. The van der Waals surface area contributed by atoms with Crippen molar-refractivity contribution >= 4 is 18.3 Å². The van der Waals surface area contributed by atoms with Crippen molar-refractivity contribution in [1.29, 1.82) is 0 Å². The highest BCUT2D eigenvalue weighted by atomic mass is 35.5. The second-order valence-electron chi connectivity index (χ2n) is 6.95. The van der Waals surface area contributed by atoms with E-state index in [1.165, 1.54) is 0 Å². The number of nitrogens with one attached hydrogen (secondary N) is 1. The van der Waals surface area contributed by atoms with Crippen LogP contribution < -0.4 is 10.1 Å². The third-order valence-electron chi connectivity index (χ3n) is 4.60. The molecule has 2 heterocycles. The molecule has 3 rings (SSSR count). The van der Waals surface area contributed by atoms with Crippen molar-refractivity contribution < 1.29 is 24.3 Å². The van der Waals surface area contributed by atoms with Gasteiger partial charge in [0, 0.05) is 29.8 Å². The first-order valence-electron chi connectivity index (χ1n) is 8.51. The zero-order valence-corrected chi connectivity index (χ0v) is 16.0. The maximum Gasteiger partial charge on any atom is 0.273 e. The summed E-state index contributed by atoms with van der Waals surface area (Å²) in [5, 5.41) is 26.5. The van der Waals surface area contributed by atoms with Crippen LogP contribution in [0.4, 0.5) is 0 Å². The molecule has 148 valence electrons. The maximum absolute atomic E-state index is 12.2. The Balaban J connectivity index is 0.00000261. The number of amides is 1. The molecule has 1 unspecified atom stereocenters. The third-order valence-corrected chi connectivity index (χ3v) is 4.60. The quantitative estimate of drug-likeness (QED) is 0.674. The smallest absolute Gasteiger partial charge is 0.273 e. The van der Waals surface area contributed by atoms with Crippen LogP contribution in [0.3, 0.4) is 0 Å². The zero-order chi connectivity index (χ0) is 18.7. The first-order valence-corrected chi connectivity index (χ1v) is 8.51. The summed E-state index contributed by atoms with van der Waals surface area (Å²) in [6.07, 6.45) is -1.07. The predicted octanol–water partition coefficient (Wildman–Crippen LogP) is 1.42. The Morgan fingerprint density at radius 3 is 2.63 bits per heavy atom. The summed E-state index contributed by atoms with van der Waals surface area (Å²) in [5.74, 6) is 0.648. The van der Waals surface area contributed by atoms with Crippen LogP contribution in [0.2, 0.25) is 0 Å². The number of rotatable bonds is 6. The minimum Gasteiger partial charge on any atom is -0.477 e. The summed E-state index contributed by atoms with van der Waals surface area (Å²) < 4.78 is 10.7. The number of hydrogen-bond donors (Lipinski definition) is 3. The Morgan fingerprint density at radius 2 is 2.04 bits per heavy atom. The van der Waals surface area contributed by atoms with Gasteiger partial charge in [0.1, 0.15) is 5.76 Å². The number of carbonyl (C=O) groups excluding carboxylic acids is 1. The second-order valence-corrected chi connectivity index (χ2v) is 6.95. The van der Waals surface area contributed by atoms with Gasteiger partial charge in [-0.05, 0) is 32.8 Å². The van der Waals surface area contributed by atoms with Crippen LogP contribution >= 0.6 is 12.4 Å².